The molecule has 0 aliphatic rings. The molecule has 1 heterocycles. The molecule has 1 aromatic carbocycles. The first kappa shape index (κ1) is 12.1. The van der Waals surface area contributed by atoms with Gasteiger partial charge >= 0.3 is 0 Å². The van der Waals surface area contributed by atoms with Gasteiger partial charge in [0.2, 0.25) is 0 Å². The second kappa shape index (κ2) is 5.34. The summed E-state index contributed by atoms with van der Waals surface area (Å²) in [6.07, 6.45) is 1.39. The van der Waals surface area contributed by atoms with Crippen molar-refractivity contribution in [1.82, 2.24) is 4.98 Å². The number of hydrogen-bond acceptors (Lipinski definition) is 2. The largest absolute Gasteiger partial charge is 0.338 e. The Bertz CT molecular complexity index is 532. The molecule has 0 aliphatic carbocycles. The number of halogens is 3. The van der Waals surface area contributed by atoms with Crippen LogP contribution in [0.5, 0.6) is 0 Å². The molecule has 1 N–H and O–H groups in total. The summed E-state index contributed by atoms with van der Waals surface area (Å²) >= 11 is 11.4. The first-order valence-electron chi connectivity index (χ1n) is 4.92. The first-order valence-corrected chi connectivity index (χ1v) is 5.84. The maximum absolute atomic E-state index is 13.5. The van der Waals surface area contributed by atoms with E-state index in [-0.39, 0.29) is 10.8 Å². The van der Waals surface area contributed by atoms with Crippen molar-refractivity contribution in [3.8, 4) is 0 Å². The fraction of sp³-hybridized carbons (Fsp3) is 0.0833. The van der Waals surface area contributed by atoms with Gasteiger partial charge in [-0.05, 0) is 17.7 Å². The molecule has 0 bridgehead atoms. The number of nitrogens with zero attached hydrogens (tertiary/aromatic N) is 1. The summed E-state index contributed by atoms with van der Waals surface area (Å²) < 4.78 is 13.5. The van der Waals surface area contributed by atoms with Crippen molar-refractivity contribution >= 4 is 34.7 Å². The third-order valence-electron chi connectivity index (χ3n) is 2.22. The summed E-state index contributed by atoms with van der Waals surface area (Å²) in [7, 11) is 0. The number of benzene rings is 1. The summed E-state index contributed by atoms with van der Waals surface area (Å²) in [6.45, 7) is 0. The third-order valence-corrected chi connectivity index (χ3v) is 2.72. The smallest absolute Gasteiger partial charge is 0.167 e. The van der Waals surface area contributed by atoms with E-state index < -0.39 is 5.82 Å². The molecule has 5 heteroatoms. The number of rotatable bonds is 3. The Balaban J connectivity index is 2.31. The zero-order valence-electron chi connectivity index (χ0n) is 8.75. The van der Waals surface area contributed by atoms with Crippen molar-refractivity contribution in [2.75, 3.05) is 5.32 Å². The van der Waals surface area contributed by atoms with Crippen LogP contribution in [0.15, 0.2) is 36.5 Å². The number of para-hydroxylation sites is 1. The lowest BCUT2D eigenvalue weighted by atomic mass is 10.2. The molecule has 2 nitrogen and oxygen atoms in total. The van der Waals surface area contributed by atoms with Gasteiger partial charge in [-0.1, -0.05) is 29.8 Å². The zero-order valence-corrected chi connectivity index (χ0v) is 10.3. The molecular formula is C12H9Cl2FN2. The van der Waals surface area contributed by atoms with E-state index >= 15 is 0 Å². The van der Waals surface area contributed by atoms with Gasteiger partial charge in [0.25, 0.3) is 0 Å². The van der Waals surface area contributed by atoms with Gasteiger partial charge in [0.1, 0.15) is 0 Å². The van der Waals surface area contributed by atoms with E-state index in [4.69, 9.17) is 23.2 Å². The normalized spacial score (nSPS) is 10.3. The molecule has 88 valence electrons. The van der Waals surface area contributed by atoms with Crippen LogP contribution in [0.3, 0.4) is 0 Å². The molecule has 0 fully saturated rings. The van der Waals surface area contributed by atoms with Gasteiger partial charge in [0.15, 0.2) is 11.6 Å². The molecule has 0 atom stereocenters. The molecule has 17 heavy (non-hydrogen) atoms. The number of aromatic nitrogens is 1. The first-order chi connectivity index (χ1) is 8.20. The van der Waals surface area contributed by atoms with E-state index in [2.05, 4.69) is 10.3 Å². The fourth-order valence-electron chi connectivity index (χ4n) is 1.39. The fourth-order valence-corrected chi connectivity index (χ4v) is 1.77. The van der Waals surface area contributed by atoms with E-state index in [1.165, 1.54) is 12.3 Å². The van der Waals surface area contributed by atoms with Crippen LogP contribution in [0.25, 0.3) is 0 Å². The van der Waals surface area contributed by atoms with Gasteiger partial charge in [-0.15, -0.1) is 11.6 Å². The minimum Gasteiger partial charge on any atom is -0.338 e. The molecule has 2 aromatic rings. The second-order valence-electron chi connectivity index (χ2n) is 3.40. The highest BCUT2D eigenvalue weighted by Gasteiger charge is 2.07. The van der Waals surface area contributed by atoms with Crippen molar-refractivity contribution < 1.29 is 4.39 Å². The van der Waals surface area contributed by atoms with Crippen LogP contribution in [0.4, 0.5) is 15.9 Å². The third kappa shape index (κ3) is 2.87. The monoisotopic (exact) mass is 270 g/mol. The molecule has 1 aromatic heterocycles. The molecule has 2 rings (SSSR count). The summed E-state index contributed by atoms with van der Waals surface area (Å²) in [6, 6.07) is 8.59. The molecule has 0 amide bonds. The van der Waals surface area contributed by atoms with Crippen LogP contribution in [0, 0.1) is 5.82 Å². The van der Waals surface area contributed by atoms with Crippen molar-refractivity contribution in [2.45, 2.75) is 5.88 Å². The average molecular weight is 271 g/mol. The lowest BCUT2D eigenvalue weighted by Gasteiger charge is -2.10. The Morgan fingerprint density at radius 2 is 2.06 bits per heavy atom. The number of alkyl halides is 1. The number of nitrogens with one attached hydrogen (secondary N) is 1. The Kier molecular flexibility index (Phi) is 3.82. The quantitative estimate of drug-likeness (QED) is 0.839. The van der Waals surface area contributed by atoms with Gasteiger partial charge in [-0.3, -0.25) is 0 Å². The zero-order chi connectivity index (χ0) is 12.3. The van der Waals surface area contributed by atoms with Gasteiger partial charge < -0.3 is 5.32 Å². The molecule has 0 spiro atoms. The Hall–Kier alpha value is -1.32. The van der Waals surface area contributed by atoms with Gasteiger partial charge in [-0.2, -0.15) is 0 Å². The van der Waals surface area contributed by atoms with Crippen LogP contribution in [0.1, 0.15) is 5.56 Å². The lowest BCUT2D eigenvalue weighted by Crippen LogP contribution is -1.99. The van der Waals surface area contributed by atoms with E-state index in [1.54, 1.807) is 0 Å². The van der Waals surface area contributed by atoms with Gasteiger partial charge in [0, 0.05) is 17.8 Å². The maximum atomic E-state index is 13.5. The summed E-state index contributed by atoms with van der Waals surface area (Å²) in [5.41, 5.74) is 1.61. The summed E-state index contributed by atoms with van der Waals surface area (Å²) in [5.74, 6) is -0.0212. The van der Waals surface area contributed by atoms with Crippen LogP contribution in [-0.4, -0.2) is 4.98 Å². The van der Waals surface area contributed by atoms with Crippen LogP contribution < -0.4 is 5.32 Å². The molecule has 0 unspecified atom stereocenters. The number of anilines is 2. The highest BCUT2D eigenvalue weighted by Crippen LogP contribution is 2.23. The van der Waals surface area contributed by atoms with Crippen LogP contribution in [-0.2, 0) is 5.88 Å². The van der Waals surface area contributed by atoms with Crippen LogP contribution in [0.2, 0.25) is 5.02 Å². The van der Waals surface area contributed by atoms with Crippen molar-refractivity contribution in [1.29, 1.82) is 0 Å². The van der Waals surface area contributed by atoms with Crippen molar-refractivity contribution in [2.24, 2.45) is 0 Å². The van der Waals surface area contributed by atoms with E-state index in [0.29, 0.717) is 5.88 Å². The summed E-state index contributed by atoms with van der Waals surface area (Å²) in [4.78, 5) is 3.89. The molecule has 0 aliphatic heterocycles. The standard InChI is InChI=1S/C12H9Cl2FN2/c13-6-8-3-1-2-4-11(8)17-12-10(15)5-9(14)7-16-12/h1-5,7H,6H2,(H,16,17). The van der Waals surface area contributed by atoms with Gasteiger partial charge in [-0.25, -0.2) is 9.37 Å². The highest BCUT2D eigenvalue weighted by molar-refractivity contribution is 6.30. The Morgan fingerprint density at radius 3 is 2.76 bits per heavy atom. The predicted molar refractivity (Wildman–Crippen MR) is 68.5 cm³/mol. The maximum Gasteiger partial charge on any atom is 0.167 e. The lowest BCUT2D eigenvalue weighted by molar-refractivity contribution is 0.626. The van der Waals surface area contributed by atoms with Gasteiger partial charge in [0.05, 0.1) is 5.02 Å². The summed E-state index contributed by atoms with van der Waals surface area (Å²) in [5, 5.41) is 3.15. The molecule has 0 radical (unpaired) electrons. The molecular weight excluding hydrogens is 262 g/mol. The van der Waals surface area contributed by atoms with E-state index in [9.17, 15) is 4.39 Å². The SMILES string of the molecule is Fc1cc(Cl)cnc1Nc1ccccc1CCl. The molecule has 0 saturated heterocycles. The van der Waals surface area contributed by atoms with Crippen molar-refractivity contribution in [3.05, 3.63) is 52.9 Å². The highest BCUT2D eigenvalue weighted by atomic mass is 35.5. The average Bonchev–Trinajstić information content (AvgIpc) is 2.33. The van der Waals surface area contributed by atoms with Crippen LogP contribution >= 0.6 is 23.2 Å². The van der Waals surface area contributed by atoms with E-state index in [0.717, 1.165) is 11.3 Å². The minimum absolute atomic E-state index is 0.131. The number of pyridine rings is 1. The number of hydrogen-bond donors (Lipinski definition) is 1. The topological polar surface area (TPSA) is 24.9 Å². The second-order valence-corrected chi connectivity index (χ2v) is 4.10. The Labute approximate surface area is 108 Å². The van der Waals surface area contributed by atoms with E-state index in [1.807, 2.05) is 24.3 Å². The van der Waals surface area contributed by atoms with Crippen molar-refractivity contribution in [3.63, 3.8) is 0 Å². The Morgan fingerprint density at radius 1 is 1.29 bits per heavy atom. The minimum atomic E-state index is -0.498. The predicted octanol–water partition coefficient (Wildman–Crippen LogP) is 4.36. The molecule has 0 saturated carbocycles.